The van der Waals surface area contributed by atoms with E-state index in [0.29, 0.717) is 41.6 Å². The molecule has 188 valence electrons. The summed E-state index contributed by atoms with van der Waals surface area (Å²) in [6.45, 7) is 4.77. The minimum Gasteiger partial charge on any atom is -0.490 e. The summed E-state index contributed by atoms with van der Waals surface area (Å²) in [6, 6.07) is 15.3. The highest BCUT2D eigenvalue weighted by Gasteiger charge is 2.18. The van der Waals surface area contributed by atoms with Gasteiger partial charge in [0.1, 0.15) is 11.6 Å². The number of aromatic nitrogens is 2. The molecule has 0 aliphatic heterocycles. The van der Waals surface area contributed by atoms with Gasteiger partial charge in [-0.2, -0.15) is 5.26 Å². The lowest BCUT2D eigenvalue weighted by Crippen LogP contribution is -2.13. The highest BCUT2D eigenvalue weighted by atomic mass is 32.2. The molecule has 3 rings (SSSR count). The highest BCUT2D eigenvalue weighted by molar-refractivity contribution is 7.99. The smallest absolute Gasteiger partial charge is 0.268 e. The van der Waals surface area contributed by atoms with Crippen LogP contribution in [-0.4, -0.2) is 49.7 Å². The van der Waals surface area contributed by atoms with E-state index in [1.807, 2.05) is 19.9 Å². The normalized spacial score (nSPS) is 11.6. The van der Waals surface area contributed by atoms with Gasteiger partial charge in [-0.25, -0.2) is 8.42 Å². The van der Waals surface area contributed by atoms with E-state index in [9.17, 15) is 18.5 Å². The van der Waals surface area contributed by atoms with Crippen molar-refractivity contribution in [2.24, 2.45) is 0 Å². The molecule has 0 unspecified atom stereocenters. The van der Waals surface area contributed by atoms with Gasteiger partial charge in [0.15, 0.2) is 11.5 Å². The first-order valence-corrected chi connectivity index (χ1v) is 14.4. The number of rotatable bonds is 11. The fourth-order valence-electron chi connectivity index (χ4n) is 2.84. The van der Waals surface area contributed by atoms with E-state index in [4.69, 9.17) is 9.47 Å². The van der Waals surface area contributed by atoms with Crippen LogP contribution >= 0.6 is 23.1 Å². The third-order valence-corrected chi connectivity index (χ3v) is 8.00. The summed E-state index contributed by atoms with van der Waals surface area (Å²) in [5, 5.41) is 19.0. The van der Waals surface area contributed by atoms with Crippen LogP contribution in [0.5, 0.6) is 11.5 Å². The molecule has 36 heavy (non-hydrogen) atoms. The molecule has 0 saturated heterocycles. The topological polar surface area (TPSA) is 131 Å². The summed E-state index contributed by atoms with van der Waals surface area (Å²) >= 11 is 2.40. The van der Waals surface area contributed by atoms with Crippen LogP contribution in [-0.2, 0) is 14.6 Å². The summed E-state index contributed by atoms with van der Waals surface area (Å²) in [5.74, 6) is 1.07. The van der Waals surface area contributed by atoms with Gasteiger partial charge in [0.05, 0.1) is 13.2 Å². The molecule has 0 atom stereocenters. The van der Waals surface area contributed by atoms with Gasteiger partial charge < -0.3 is 9.47 Å². The minimum absolute atomic E-state index is 0.0242. The zero-order valence-electron chi connectivity index (χ0n) is 19.8. The quantitative estimate of drug-likeness (QED) is 0.123. The number of carbonyl (C=O) groups excluding carboxylic acids is 1. The van der Waals surface area contributed by atoms with Crippen molar-refractivity contribution in [3.05, 3.63) is 59.2 Å². The molecule has 9 nitrogen and oxygen atoms in total. The van der Waals surface area contributed by atoms with Crippen molar-refractivity contribution in [1.29, 1.82) is 5.26 Å². The first kappa shape index (κ1) is 27.2. The number of amides is 1. The maximum atomic E-state index is 12.5. The van der Waals surface area contributed by atoms with E-state index in [1.165, 1.54) is 11.6 Å². The Labute approximate surface area is 218 Å². The number of nitrogens with zero attached hydrogens (tertiary/aromatic N) is 3. The van der Waals surface area contributed by atoms with Gasteiger partial charge in [0.25, 0.3) is 5.91 Å². The molecule has 1 N–H and O–H groups in total. The number of nitriles is 1. The number of nitrogens with one attached hydrogen (secondary N) is 1. The van der Waals surface area contributed by atoms with Crippen molar-refractivity contribution in [3.63, 3.8) is 0 Å². The third kappa shape index (κ3) is 7.81. The standard InChI is InChI=1S/C24H24N4O5S3/c1-4-32-21-14-17(7-10-20(21)33-11-12-34-19-8-5-16(2)6-9-19)13-18(15-25)22(29)26-23-27-28-24(35-23)36(3,30)31/h5-10,13-14H,4,11-12H2,1-3H3,(H,26,27,29)/b18-13-. The number of sulfone groups is 1. The van der Waals surface area contributed by atoms with Crippen LogP contribution in [0.25, 0.3) is 6.08 Å². The predicted molar refractivity (Wildman–Crippen MR) is 140 cm³/mol. The second-order valence-electron chi connectivity index (χ2n) is 7.42. The first-order valence-electron chi connectivity index (χ1n) is 10.8. The van der Waals surface area contributed by atoms with Crippen molar-refractivity contribution >= 4 is 50.1 Å². The molecule has 0 aliphatic rings. The highest BCUT2D eigenvalue weighted by Crippen LogP contribution is 2.30. The van der Waals surface area contributed by atoms with E-state index in [0.717, 1.165) is 16.9 Å². The molecule has 0 spiro atoms. The monoisotopic (exact) mass is 544 g/mol. The largest absolute Gasteiger partial charge is 0.490 e. The van der Waals surface area contributed by atoms with Crippen LogP contribution in [0, 0.1) is 18.3 Å². The van der Waals surface area contributed by atoms with Crippen molar-refractivity contribution in [3.8, 4) is 17.6 Å². The second-order valence-corrected chi connectivity index (χ2v) is 11.8. The average Bonchev–Trinajstić information content (AvgIpc) is 3.31. The Kier molecular flexibility index (Phi) is 9.46. The van der Waals surface area contributed by atoms with Crippen LogP contribution in [0.2, 0.25) is 0 Å². The zero-order valence-corrected chi connectivity index (χ0v) is 22.3. The first-order chi connectivity index (χ1) is 17.2. The van der Waals surface area contributed by atoms with E-state index in [2.05, 4.69) is 39.8 Å². The van der Waals surface area contributed by atoms with Gasteiger partial charge in [0.2, 0.25) is 19.3 Å². The number of ether oxygens (including phenoxy) is 2. The SMILES string of the molecule is CCOc1cc(/C=C(/C#N)C(=O)Nc2nnc(S(C)(=O)=O)s2)ccc1OCCSc1ccc(C)cc1. The summed E-state index contributed by atoms with van der Waals surface area (Å²) in [5.41, 5.74) is 1.57. The fraction of sp³-hybridized carbons (Fsp3) is 0.250. The van der Waals surface area contributed by atoms with E-state index in [-0.39, 0.29) is 15.0 Å². The Morgan fingerprint density at radius 2 is 1.92 bits per heavy atom. The van der Waals surface area contributed by atoms with Crippen LogP contribution in [0.4, 0.5) is 5.13 Å². The lowest BCUT2D eigenvalue weighted by atomic mass is 10.1. The van der Waals surface area contributed by atoms with Gasteiger partial charge in [-0.1, -0.05) is 35.1 Å². The predicted octanol–water partition coefficient (Wildman–Crippen LogP) is 4.37. The number of thioether (sulfide) groups is 1. The van der Waals surface area contributed by atoms with Gasteiger partial charge in [-0.05, 0) is 49.8 Å². The average molecular weight is 545 g/mol. The molecular weight excluding hydrogens is 520 g/mol. The Bertz CT molecular complexity index is 1390. The van der Waals surface area contributed by atoms with Crippen LogP contribution in [0.1, 0.15) is 18.1 Å². The molecular formula is C24H24N4O5S3. The summed E-state index contributed by atoms with van der Waals surface area (Å²) < 4.78 is 34.5. The Hall–Kier alpha value is -3.40. The number of hydrogen-bond acceptors (Lipinski definition) is 10. The van der Waals surface area contributed by atoms with Crippen molar-refractivity contribution in [2.75, 3.05) is 30.5 Å². The maximum Gasteiger partial charge on any atom is 0.268 e. The summed E-state index contributed by atoms with van der Waals surface area (Å²) in [6.07, 6.45) is 2.39. The molecule has 0 radical (unpaired) electrons. The fourth-order valence-corrected chi connectivity index (χ4v) is 5.07. The Balaban J connectivity index is 1.67. The van der Waals surface area contributed by atoms with Crippen molar-refractivity contribution in [2.45, 2.75) is 23.1 Å². The lowest BCUT2D eigenvalue weighted by Gasteiger charge is -2.13. The minimum atomic E-state index is -3.54. The third-order valence-electron chi connectivity index (χ3n) is 4.52. The number of anilines is 1. The number of benzene rings is 2. The molecule has 12 heteroatoms. The Morgan fingerprint density at radius 1 is 1.17 bits per heavy atom. The summed E-state index contributed by atoms with van der Waals surface area (Å²) in [7, 11) is -3.54. The van der Waals surface area contributed by atoms with Crippen LogP contribution < -0.4 is 14.8 Å². The van der Waals surface area contributed by atoms with Crippen molar-refractivity contribution < 1.29 is 22.7 Å². The van der Waals surface area contributed by atoms with Crippen LogP contribution in [0.3, 0.4) is 0 Å². The van der Waals surface area contributed by atoms with E-state index >= 15 is 0 Å². The number of hydrogen-bond donors (Lipinski definition) is 1. The second kappa shape index (κ2) is 12.5. The summed E-state index contributed by atoms with van der Waals surface area (Å²) in [4.78, 5) is 13.7. The van der Waals surface area contributed by atoms with Gasteiger partial charge in [-0.15, -0.1) is 22.0 Å². The van der Waals surface area contributed by atoms with E-state index in [1.54, 1.807) is 30.0 Å². The molecule has 1 heterocycles. The number of carbonyl (C=O) groups is 1. The molecule has 0 fully saturated rings. The van der Waals surface area contributed by atoms with Gasteiger partial charge in [0, 0.05) is 16.9 Å². The van der Waals surface area contributed by atoms with Crippen LogP contribution in [0.15, 0.2) is 57.3 Å². The van der Waals surface area contributed by atoms with Gasteiger partial charge in [-0.3, -0.25) is 10.1 Å². The van der Waals surface area contributed by atoms with Gasteiger partial charge >= 0.3 is 0 Å². The molecule has 0 saturated carbocycles. The lowest BCUT2D eigenvalue weighted by molar-refractivity contribution is -0.112. The van der Waals surface area contributed by atoms with Crippen molar-refractivity contribution in [1.82, 2.24) is 10.2 Å². The maximum absolute atomic E-state index is 12.5. The molecule has 1 amide bonds. The zero-order chi connectivity index (χ0) is 26.1. The molecule has 1 aromatic heterocycles. The molecule has 2 aromatic carbocycles. The molecule has 0 aliphatic carbocycles. The van der Waals surface area contributed by atoms with E-state index < -0.39 is 15.7 Å². The Morgan fingerprint density at radius 3 is 2.56 bits per heavy atom. The molecule has 3 aromatic rings. The molecule has 0 bridgehead atoms. The number of aryl methyl sites for hydroxylation is 1.